The number of hydrogen-bond donors (Lipinski definition) is 1. The van der Waals surface area contributed by atoms with E-state index >= 15 is 0 Å². The first-order chi connectivity index (χ1) is 11.9. The van der Waals surface area contributed by atoms with E-state index in [-0.39, 0.29) is 12.4 Å². The molecule has 1 aromatic carbocycles. The van der Waals surface area contributed by atoms with Gasteiger partial charge in [-0.15, -0.1) is 0 Å². The van der Waals surface area contributed by atoms with Gasteiger partial charge in [-0.1, -0.05) is 0 Å². The van der Waals surface area contributed by atoms with E-state index in [1.807, 2.05) is 0 Å². The van der Waals surface area contributed by atoms with Crippen molar-refractivity contribution in [1.29, 1.82) is 0 Å². The number of halogens is 5. The van der Waals surface area contributed by atoms with Crippen molar-refractivity contribution in [3.05, 3.63) is 65.5 Å². The minimum Gasteiger partial charge on any atom is -0.315 e. The molecule has 0 bridgehead atoms. The van der Waals surface area contributed by atoms with Crippen molar-refractivity contribution in [1.82, 2.24) is 19.6 Å². The summed E-state index contributed by atoms with van der Waals surface area (Å²) in [5.41, 5.74) is -1.72. The summed E-state index contributed by atoms with van der Waals surface area (Å²) in [5, 5.41) is 9.40. The van der Waals surface area contributed by atoms with E-state index < -0.39 is 40.7 Å². The molecule has 1 amide bonds. The van der Waals surface area contributed by atoms with Gasteiger partial charge in [0.1, 0.15) is 12.4 Å². The lowest BCUT2D eigenvalue weighted by molar-refractivity contribution is 0.102. The Hall–Kier alpha value is -3.24. The Morgan fingerprint density at radius 1 is 0.960 bits per heavy atom. The predicted molar refractivity (Wildman–Crippen MR) is 74.0 cm³/mol. The largest absolute Gasteiger partial charge is 0.315 e. The summed E-state index contributed by atoms with van der Waals surface area (Å²) in [6.07, 6.45) is 4.55. The van der Waals surface area contributed by atoms with Crippen molar-refractivity contribution in [3.63, 3.8) is 0 Å². The first-order valence-electron chi connectivity index (χ1n) is 6.72. The Kier molecular flexibility index (Phi) is 4.21. The van der Waals surface area contributed by atoms with E-state index in [1.165, 1.54) is 27.8 Å². The third-order valence-electron chi connectivity index (χ3n) is 3.17. The summed E-state index contributed by atoms with van der Waals surface area (Å²) >= 11 is 0. The van der Waals surface area contributed by atoms with Crippen molar-refractivity contribution in [2.24, 2.45) is 0 Å². The molecule has 1 N–H and O–H groups in total. The molecule has 0 fully saturated rings. The Bertz CT molecular complexity index is 908. The minimum atomic E-state index is -2.31. The molecular formula is C14H8F5N5O. The van der Waals surface area contributed by atoms with E-state index in [1.54, 1.807) is 17.6 Å². The molecule has 25 heavy (non-hydrogen) atoms. The fourth-order valence-corrected chi connectivity index (χ4v) is 1.99. The Morgan fingerprint density at radius 2 is 1.60 bits per heavy atom. The number of aromatic nitrogens is 4. The fourth-order valence-electron chi connectivity index (χ4n) is 1.99. The van der Waals surface area contributed by atoms with Crippen molar-refractivity contribution < 1.29 is 26.7 Å². The lowest BCUT2D eigenvalue weighted by Crippen LogP contribution is -2.18. The maximum Gasteiger partial charge on any atom is 0.276 e. The third-order valence-corrected chi connectivity index (χ3v) is 3.17. The SMILES string of the molecule is O=C(Nc1c(F)c(F)c(F)c(F)c1F)c1ccn(Cn2cccn2)n1. The van der Waals surface area contributed by atoms with Crippen molar-refractivity contribution >= 4 is 11.6 Å². The molecule has 6 nitrogen and oxygen atoms in total. The zero-order chi connectivity index (χ0) is 18.1. The maximum absolute atomic E-state index is 13.6. The molecular weight excluding hydrogens is 349 g/mol. The van der Waals surface area contributed by atoms with Gasteiger partial charge in [0.15, 0.2) is 29.0 Å². The number of rotatable bonds is 4. The molecule has 3 rings (SSSR count). The molecule has 0 aliphatic carbocycles. The van der Waals surface area contributed by atoms with Gasteiger partial charge in [-0.25, -0.2) is 22.0 Å². The number of nitrogens with one attached hydrogen (secondary N) is 1. The van der Waals surface area contributed by atoms with Gasteiger partial charge in [0.05, 0.1) is 0 Å². The van der Waals surface area contributed by atoms with Gasteiger partial charge in [-0.2, -0.15) is 10.2 Å². The molecule has 0 radical (unpaired) electrons. The molecule has 130 valence electrons. The van der Waals surface area contributed by atoms with Crippen LogP contribution in [0.4, 0.5) is 27.6 Å². The Balaban J connectivity index is 1.83. The van der Waals surface area contributed by atoms with Gasteiger partial charge in [-0.05, 0) is 12.1 Å². The molecule has 2 aromatic heterocycles. The van der Waals surface area contributed by atoms with Crippen molar-refractivity contribution in [2.45, 2.75) is 6.67 Å². The van der Waals surface area contributed by atoms with Gasteiger partial charge < -0.3 is 5.32 Å². The summed E-state index contributed by atoms with van der Waals surface area (Å²) in [6.45, 7) is 0.156. The molecule has 0 saturated heterocycles. The highest BCUT2D eigenvalue weighted by atomic mass is 19.2. The quantitative estimate of drug-likeness (QED) is 0.443. The summed E-state index contributed by atoms with van der Waals surface area (Å²) in [4.78, 5) is 12.0. The second kappa shape index (κ2) is 6.34. The van der Waals surface area contributed by atoms with Crippen LogP contribution in [0.1, 0.15) is 10.5 Å². The van der Waals surface area contributed by atoms with Crippen LogP contribution < -0.4 is 5.32 Å². The molecule has 0 saturated carbocycles. The van der Waals surface area contributed by atoms with E-state index in [0.29, 0.717) is 0 Å². The second-order valence-electron chi connectivity index (χ2n) is 4.83. The van der Waals surface area contributed by atoms with E-state index in [4.69, 9.17) is 0 Å². The maximum atomic E-state index is 13.6. The van der Waals surface area contributed by atoms with Crippen LogP contribution in [0, 0.1) is 29.1 Å². The average molecular weight is 357 g/mol. The molecule has 0 atom stereocenters. The summed E-state index contributed by atoms with van der Waals surface area (Å²) in [7, 11) is 0. The molecule has 2 heterocycles. The number of hydrogen-bond acceptors (Lipinski definition) is 3. The van der Waals surface area contributed by atoms with Gasteiger partial charge in [0.2, 0.25) is 5.82 Å². The lowest BCUT2D eigenvalue weighted by Gasteiger charge is -2.08. The normalized spacial score (nSPS) is 10.9. The smallest absolute Gasteiger partial charge is 0.276 e. The van der Waals surface area contributed by atoms with Crippen LogP contribution in [0.2, 0.25) is 0 Å². The minimum absolute atomic E-state index is 0.156. The van der Waals surface area contributed by atoms with E-state index in [2.05, 4.69) is 10.2 Å². The summed E-state index contributed by atoms with van der Waals surface area (Å²) in [6, 6.07) is 2.88. The zero-order valence-corrected chi connectivity index (χ0v) is 12.2. The van der Waals surface area contributed by atoms with Crippen molar-refractivity contribution in [2.75, 3.05) is 5.32 Å². The number of anilines is 1. The van der Waals surface area contributed by atoms with Gasteiger partial charge in [-0.3, -0.25) is 14.2 Å². The summed E-state index contributed by atoms with van der Waals surface area (Å²) < 4.78 is 69.1. The fraction of sp³-hybridized carbons (Fsp3) is 0.0714. The van der Waals surface area contributed by atoms with E-state index in [0.717, 1.165) is 0 Å². The summed E-state index contributed by atoms with van der Waals surface area (Å²) in [5.74, 6) is -12.0. The monoisotopic (exact) mass is 357 g/mol. The average Bonchev–Trinajstić information content (AvgIpc) is 3.27. The van der Waals surface area contributed by atoms with Crippen molar-refractivity contribution in [3.8, 4) is 0 Å². The highest BCUT2D eigenvalue weighted by Crippen LogP contribution is 2.27. The van der Waals surface area contributed by atoms with Gasteiger partial charge in [0.25, 0.3) is 5.91 Å². The molecule has 0 aliphatic rings. The molecule has 11 heteroatoms. The molecule has 0 unspecified atom stereocenters. The number of carbonyl (C=O) groups excluding carboxylic acids is 1. The van der Waals surface area contributed by atoms with Crippen LogP contribution in [-0.4, -0.2) is 25.5 Å². The van der Waals surface area contributed by atoms with Gasteiger partial charge >= 0.3 is 0 Å². The van der Waals surface area contributed by atoms with Crippen LogP contribution in [0.25, 0.3) is 0 Å². The van der Waals surface area contributed by atoms with Crippen LogP contribution >= 0.6 is 0 Å². The number of nitrogens with zero attached hydrogens (tertiary/aromatic N) is 4. The Morgan fingerprint density at radius 3 is 2.20 bits per heavy atom. The van der Waals surface area contributed by atoms with E-state index in [9.17, 15) is 26.7 Å². The number of carbonyl (C=O) groups is 1. The van der Waals surface area contributed by atoms with Gasteiger partial charge in [0, 0.05) is 18.6 Å². The highest BCUT2D eigenvalue weighted by Gasteiger charge is 2.27. The third kappa shape index (κ3) is 3.07. The van der Waals surface area contributed by atoms with Crippen LogP contribution in [-0.2, 0) is 6.67 Å². The zero-order valence-electron chi connectivity index (χ0n) is 12.2. The molecule has 0 spiro atoms. The standard InChI is InChI=1S/C14H8F5N5O/c15-8-9(16)11(18)13(12(19)10(8)17)21-14(25)7-2-5-24(22-7)6-23-4-1-3-20-23/h1-5H,6H2,(H,21,25). The first-order valence-corrected chi connectivity index (χ1v) is 6.72. The predicted octanol–water partition coefficient (Wildman–Crippen LogP) is 2.53. The topological polar surface area (TPSA) is 64.7 Å². The first kappa shape index (κ1) is 16.6. The van der Waals surface area contributed by atoms with Crippen LogP contribution in [0.5, 0.6) is 0 Å². The molecule has 3 aromatic rings. The van der Waals surface area contributed by atoms with Crippen LogP contribution in [0.15, 0.2) is 30.7 Å². The second-order valence-corrected chi connectivity index (χ2v) is 4.83. The number of amides is 1. The molecule has 0 aliphatic heterocycles. The highest BCUT2D eigenvalue weighted by molar-refractivity contribution is 6.02. The Labute approximate surface area is 136 Å². The lowest BCUT2D eigenvalue weighted by atomic mass is 10.2. The van der Waals surface area contributed by atoms with Crippen LogP contribution in [0.3, 0.4) is 0 Å². The number of benzene rings is 1.